The van der Waals surface area contributed by atoms with Crippen molar-refractivity contribution in [2.75, 3.05) is 39.6 Å². The number of phosphoric ester groups is 2. The number of esters is 4. The molecule has 0 bridgehead atoms. The van der Waals surface area contributed by atoms with Crippen LogP contribution in [0.25, 0.3) is 0 Å². The van der Waals surface area contributed by atoms with E-state index in [1.165, 1.54) is 193 Å². The fraction of sp³-hybridized carbons (Fsp3) is 0.877. The van der Waals surface area contributed by atoms with Crippen molar-refractivity contribution in [3.05, 3.63) is 36.5 Å². The third-order valence-electron chi connectivity index (χ3n) is 18.1. The zero-order valence-electron chi connectivity index (χ0n) is 64.4. The number of phosphoric acid groups is 2. The lowest BCUT2D eigenvalue weighted by Gasteiger charge is -2.21. The average Bonchev–Trinajstić information content (AvgIpc) is 0.928. The molecule has 0 aromatic carbocycles. The first-order valence-electron chi connectivity index (χ1n) is 41.2. The van der Waals surface area contributed by atoms with E-state index in [0.29, 0.717) is 25.7 Å². The SMILES string of the molecule is CCCCC/C=C\C/C=C\CCCCCCCC(=O)O[C@H](COC(=O)CCCCCCC/C=C\CCCCCCCC)COP(=O)(O)OC[C@@H](O)COP(=O)(O)OC[C@@H](COC(=O)CCCCCCCCCCCCCCCCCCC)OC(=O)CCCCCCCCCCCCCCC. The Morgan fingerprint density at radius 3 is 0.770 bits per heavy atom. The standard InChI is InChI=1S/C81H152O17P2/c1-5-9-13-17-21-25-29-33-36-37-40-43-46-50-54-58-62-66-79(84)92-71-76(97-80(85)67-63-59-55-51-47-41-32-28-24-20-16-12-8-4)73-95-99(87,88)93-69-75(82)70-94-100(89,90)96-74-77(98-81(86)68-64-60-56-52-48-44-39-35-31-27-23-19-15-11-7-3)72-91-78(83)65-61-57-53-49-45-42-38-34-30-26-22-18-14-10-6-2/h23,27,34-35,38-39,75-77,82H,5-22,24-26,28-33,36-37,40-74H2,1-4H3,(H,87,88)(H,89,90)/b27-23-,38-34-,39-35-/t75-,76+,77+/m0/s1. The first-order valence-corrected chi connectivity index (χ1v) is 44.2. The summed E-state index contributed by atoms with van der Waals surface area (Å²) in [5.41, 5.74) is 0. The second-order valence-electron chi connectivity index (χ2n) is 28.1. The highest BCUT2D eigenvalue weighted by molar-refractivity contribution is 7.47. The van der Waals surface area contributed by atoms with E-state index in [1.54, 1.807) is 0 Å². The minimum atomic E-state index is -4.97. The van der Waals surface area contributed by atoms with E-state index in [0.717, 1.165) is 128 Å². The van der Waals surface area contributed by atoms with Crippen molar-refractivity contribution in [1.29, 1.82) is 0 Å². The van der Waals surface area contributed by atoms with Crippen LogP contribution in [-0.2, 0) is 65.4 Å². The number of unbranched alkanes of at least 4 members (excludes halogenated alkanes) is 47. The van der Waals surface area contributed by atoms with Crippen LogP contribution in [0.2, 0.25) is 0 Å². The van der Waals surface area contributed by atoms with E-state index in [4.69, 9.17) is 37.0 Å². The van der Waals surface area contributed by atoms with Gasteiger partial charge in [-0.3, -0.25) is 37.3 Å². The smallest absolute Gasteiger partial charge is 0.462 e. The highest BCUT2D eigenvalue weighted by atomic mass is 31.2. The maximum absolute atomic E-state index is 13.1. The average molecular weight is 1460 g/mol. The molecule has 100 heavy (non-hydrogen) atoms. The maximum Gasteiger partial charge on any atom is 0.472 e. The van der Waals surface area contributed by atoms with Gasteiger partial charge in [0.2, 0.25) is 0 Å². The Morgan fingerprint density at radius 1 is 0.280 bits per heavy atom. The first-order chi connectivity index (χ1) is 48.7. The van der Waals surface area contributed by atoms with Crippen molar-refractivity contribution in [3.8, 4) is 0 Å². The van der Waals surface area contributed by atoms with Gasteiger partial charge in [0.1, 0.15) is 19.3 Å². The number of ether oxygens (including phenoxy) is 4. The Bertz CT molecular complexity index is 2040. The van der Waals surface area contributed by atoms with Crippen LogP contribution in [0.4, 0.5) is 0 Å². The Kier molecular flexibility index (Phi) is 72.5. The van der Waals surface area contributed by atoms with Gasteiger partial charge in [-0.25, -0.2) is 9.13 Å². The lowest BCUT2D eigenvalue weighted by atomic mass is 10.0. The highest BCUT2D eigenvalue weighted by Gasteiger charge is 2.30. The van der Waals surface area contributed by atoms with Crippen LogP contribution in [0, 0.1) is 0 Å². The zero-order valence-corrected chi connectivity index (χ0v) is 66.2. The lowest BCUT2D eigenvalue weighted by Crippen LogP contribution is -2.30. The van der Waals surface area contributed by atoms with Gasteiger partial charge in [-0.05, 0) is 83.5 Å². The minimum Gasteiger partial charge on any atom is -0.462 e. The van der Waals surface area contributed by atoms with Crippen LogP contribution in [0.5, 0.6) is 0 Å². The van der Waals surface area contributed by atoms with Gasteiger partial charge in [-0.15, -0.1) is 0 Å². The number of hydrogen-bond donors (Lipinski definition) is 3. The molecule has 5 atom stereocenters. The zero-order chi connectivity index (χ0) is 73.2. The summed E-state index contributed by atoms with van der Waals surface area (Å²) in [5, 5.41) is 10.6. The molecular formula is C81H152O17P2. The maximum atomic E-state index is 13.1. The number of aliphatic hydroxyl groups excluding tert-OH is 1. The minimum absolute atomic E-state index is 0.0835. The summed E-state index contributed by atoms with van der Waals surface area (Å²) in [6.07, 6.45) is 71.1. The predicted molar refractivity (Wildman–Crippen MR) is 409 cm³/mol. The first kappa shape index (κ1) is 97.3. The van der Waals surface area contributed by atoms with Gasteiger partial charge in [0.25, 0.3) is 0 Å². The third-order valence-corrected chi connectivity index (χ3v) is 20.0. The Balaban J connectivity index is 5.30. The molecular weight excluding hydrogens is 1310 g/mol. The molecule has 0 fully saturated rings. The van der Waals surface area contributed by atoms with Gasteiger partial charge in [0, 0.05) is 25.7 Å². The molecule has 0 aliphatic heterocycles. The summed E-state index contributed by atoms with van der Waals surface area (Å²) in [6.45, 7) is 4.93. The Hall–Kier alpha value is -2.72. The van der Waals surface area contributed by atoms with Crippen molar-refractivity contribution in [1.82, 2.24) is 0 Å². The molecule has 0 saturated heterocycles. The number of carbonyl (C=O) groups excluding carboxylic acids is 4. The van der Waals surface area contributed by atoms with E-state index < -0.39 is 97.5 Å². The van der Waals surface area contributed by atoms with E-state index in [2.05, 4.69) is 64.2 Å². The van der Waals surface area contributed by atoms with E-state index >= 15 is 0 Å². The second-order valence-corrected chi connectivity index (χ2v) is 31.0. The molecule has 588 valence electrons. The molecule has 2 unspecified atom stereocenters. The molecule has 0 aromatic rings. The molecule has 19 heteroatoms. The fourth-order valence-corrected chi connectivity index (χ4v) is 13.4. The number of carbonyl (C=O) groups is 4. The molecule has 0 radical (unpaired) electrons. The van der Waals surface area contributed by atoms with Crippen LogP contribution in [-0.4, -0.2) is 96.7 Å². The predicted octanol–water partition coefficient (Wildman–Crippen LogP) is 23.9. The molecule has 0 amide bonds. The molecule has 0 aromatic heterocycles. The van der Waals surface area contributed by atoms with Gasteiger partial charge in [-0.1, -0.05) is 327 Å². The number of allylic oxidation sites excluding steroid dienone is 6. The Morgan fingerprint density at radius 2 is 0.490 bits per heavy atom. The van der Waals surface area contributed by atoms with Crippen LogP contribution in [0.1, 0.15) is 400 Å². The van der Waals surface area contributed by atoms with E-state index in [-0.39, 0.29) is 25.7 Å². The van der Waals surface area contributed by atoms with Crippen molar-refractivity contribution >= 4 is 39.5 Å². The second kappa shape index (κ2) is 74.5. The summed E-state index contributed by atoms with van der Waals surface area (Å²) in [5.74, 6) is -2.15. The van der Waals surface area contributed by atoms with Gasteiger partial charge < -0.3 is 33.8 Å². The summed E-state index contributed by atoms with van der Waals surface area (Å²) < 4.78 is 68.7. The molecule has 0 aliphatic rings. The van der Waals surface area contributed by atoms with Crippen LogP contribution in [0.3, 0.4) is 0 Å². The van der Waals surface area contributed by atoms with Crippen LogP contribution in [0.15, 0.2) is 36.5 Å². The van der Waals surface area contributed by atoms with Crippen molar-refractivity contribution in [2.45, 2.75) is 418 Å². The molecule has 0 heterocycles. The van der Waals surface area contributed by atoms with Crippen molar-refractivity contribution < 1.29 is 80.2 Å². The largest absolute Gasteiger partial charge is 0.472 e. The molecule has 17 nitrogen and oxygen atoms in total. The summed E-state index contributed by atoms with van der Waals surface area (Å²) in [6, 6.07) is 0. The topological polar surface area (TPSA) is 237 Å². The van der Waals surface area contributed by atoms with E-state index in [9.17, 15) is 43.2 Å². The molecule has 0 rings (SSSR count). The molecule has 0 saturated carbocycles. The Labute approximate surface area is 611 Å². The molecule has 3 N–H and O–H groups in total. The quantitative estimate of drug-likeness (QED) is 0.0169. The van der Waals surface area contributed by atoms with E-state index in [1.807, 2.05) is 0 Å². The number of hydrogen-bond acceptors (Lipinski definition) is 15. The monoisotopic (exact) mass is 1460 g/mol. The van der Waals surface area contributed by atoms with Gasteiger partial charge in [0.05, 0.1) is 26.4 Å². The van der Waals surface area contributed by atoms with Crippen LogP contribution >= 0.6 is 15.6 Å². The van der Waals surface area contributed by atoms with Gasteiger partial charge in [-0.2, -0.15) is 0 Å². The molecule has 0 aliphatic carbocycles. The normalized spacial score (nSPS) is 14.0. The number of aliphatic hydroxyl groups is 1. The van der Waals surface area contributed by atoms with Gasteiger partial charge >= 0.3 is 39.5 Å². The fourth-order valence-electron chi connectivity index (χ4n) is 11.8. The highest BCUT2D eigenvalue weighted by Crippen LogP contribution is 2.45. The van der Waals surface area contributed by atoms with Gasteiger partial charge in [0.15, 0.2) is 12.2 Å². The van der Waals surface area contributed by atoms with Crippen molar-refractivity contribution in [3.63, 3.8) is 0 Å². The summed E-state index contributed by atoms with van der Waals surface area (Å²) in [7, 11) is -9.94. The summed E-state index contributed by atoms with van der Waals surface area (Å²) >= 11 is 0. The van der Waals surface area contributed by atoms with Crippen molar-refractivity contribution in [2.24, 2.45) is 0 Å². The number of rotatable bonds is 79. The summed E-state index contributed by atoms with van der Waals surface area (Å²) in [4.78, 5) is 73.0. The molecule has 0 spiro atoms. The van der Waals surface area contributed by atoms with Crippen LogP contribution < -0.4 is 0 Å². The lowest BCUT2D eigenvalue weighted by molar-refractivity contribution is -0.161. The third kappa shape index (κ3) is 73.6.